The van der Waals surface area contributed by atoms with Crippen LogP contribution in [0.3, 0.4) is 0 Å². The Morgan fingerprint density at radius 3 is 2.71 bits per heavy atom. The molecule has 2 fully saturated rings. The van der Waals surface area contributed by atoms with Crippen LogP contribution in [0, 0.1) is 0 Å². The van der Waals surface area contributed by atoms with Crippen LogP contribution in [-0.2, 0) is 11.0 Å². The summed E-state index contributed by atoms with van der Waals surface area (Å²) in [6, 6.07) is 9.11. The van der Waals surface area contributed by atoms with Gasteiger partial charge in [-0.15, -0.1) is 0 Å². The minimum absolute atomic E-state index is 0.0859. The summed E-state index contributed by atoms with van der Waals surface area (Å²) < 4.78 is 40.9. The van der Waals surface area contributed by atoms with E-state index in [1.54, 1.807) is 0 Å². The highest BCUT2D eigenvalue weighted by molar-refractivity contribution is 5.52. The van der Waals surface area contributed by atoms with Gasteiger partial charge in [0.25, 0.3) is 0 Å². The lowest BCUT2D eigenvalue weighted by molar-refractivity contribution is -0.138. The van der Waals surface area contributed by atoms with Gasteiger partial charge in [0.1, 0.15) is 5.56 Å². The zero-order chi connectivity index (χ0) is 19.6. The molecule has 0 aliphatic carbocycles. The van der Waals surface area contributed by atoms with E-state index in [0.29, 0.717) is 13.0 Å². The maximum atomic E-state index is 13.6. The lowest BCUT2D eigenvalue weighted by Gasteiger charge is -2.28. The first-order chi connectivity index (χ1) is 13.5. The number of hydroxylamine groups is 1. The van der Waals surface area contributed by atoms with Gasteiger partial charge < -0.3 is 10.6 Å². The first-order valence-electron chi connectivity index (χ1n) is 9.41. The minimum atomic E-state index is -4.58. The molecule has 1 unspecified atom stereocenters. The number of alkyl halides is 3. The van der Waals surface area contributed by atoms with Crippen LogP contribution in [0.1, 0.15) is 36.4 Å². The van der Waals surface area contributed by atoms with Crippen LogP contribution in [0.5, 0.6) is 0 Å². The van der Waals surface area contributed by atoms with Crippen molar-refractivity contribution in [2.24, 2.45) is 0 Å². The molecule has 2 aromatic rings. The second-order valence-corrected chi connectivity index (χ2v) is 6.99. The van der Waals surface area contributed by atoms with Crippen molar-refractivity contribution >= 4 is 11.8 Å². The van der Waals surface area contributed by atoms with Crippen molar-refractivity contribution in [2.45, 2.75) is 37.5 Å². The summed E-state index contributed by atoms with van der Waals surface area (Å²) in [5, 5.41) is 7.68. The Morgan fingerprint density at radius 1 is 1.18 bits per heavy atom. The van der Waals surface area contributed by atoms with E-state index in [-0.39, 0.29) is 23.8 Å². The van der Waals surface area contributed by atoms with Gasteiger partial charge in [-0.05, 0) is 24.9 Å². The fourth-order valence-electron chi connectivity index (χ4n) is 3.62. The Hall–Kier alpha value is -2.39. The number of piperidine rings is 1. The predicted molar refractivity (Wildman–Crippen MR) is 98.8 cm³/mol. The van der Waals surface area contributed by atoms with Gasteiger partial charge in [-0.2, -0.15) is 18.2 Å². The van der Waals surface area contributed by atoms with Crippen LogP contribution in [0.25, 0.3) is 0 Å². The van der Waals surface area contributed by atoms with Crippen molar-refractivity contribution in [3.05, 3.63) is 47.7 Å². The lowest BCUT2D eigenvalue weighted by atomic mass is 10.0. The Labute approximate surface area is 161 Å². The Morgan fingerprint density at radius 2 is 2.00 bits per heavy atom. The highest BCUT2D eigenvalue weighted by atomic mass is 19.4. The summed E-state index contributed by atoms with van der Waals surface area (Å²) in [6.07, 6.45) is -1.24. The van der Waals surface area contributed by atoms with Gasteiger partial charge in [-0.1, -0.05) is 30.3 Å². The molecule has 0 saturated carbocycles. The summed E-state index contributed by atoms with van der Waals surface area (Å²) in [6.45, 7) is 2.00. The second kappa shape index (κ2) is 7.92. The molecular formula is C19H22F3N5O. The van der Waals surface area contributed by atoms with E-state index >= 15 is 0 Å². The van der Waals surface area contributed by atoms with Gasteiger partial charge in [0.2, 0.25) is 5.95 Å². The number of hydrogen-bond donors (Lipinski definition) is 2. The first kappa shape index (κ1) is 18.9. The quantitative estimate of drug-likeness (QED) is 0.829. The Bertz CT molecular complexity index is 796. The number of aromatic nitrogens is 2. The number of anilines is 2. The third kappa shape index (κ3) is 4.05. The van der Waals surface area contributed by atoms with Gasteiger partial charge in [-0.25, -0.2) is 10.0 Å². The van der Waals surface area contributed by atoms with E-state index in [1.165, 1.54) is 5.06 Å². The molecule has 2 atom stereocenters. The molecule has 6 nitrogen and oxygen atoms in total. The van der Waals surface area contributed by atoms with E-state index < -0.39 is 11.7 Å². The molecule has 2 N–H and O–H groups in total. The largest absolute Gasteiger partial charge is 0.421 e. The van der Waals surface area contributed by atoms with Crippen LogP contribution >= 0.6 is 0 Å². The number of hydrogen-bond acceptors (Lipinski definition) is 6. The smallest absolute Gasteiger partial charge is 0.350 e. The van der Waals surface area contributed by atoms with Crippen molar-refractivity contribution in [1.29, 1.82) is 0 Å². The molecule has 2 aliphatic heterocycles. The molecule has 1 aromatic carbocycles. The summed E-state index contributed by atoms with van der Waals surface area (Å²) in [4.78, 5) is 13.7. The molecule has 0 spiro atoms. The molecule has 0 amide bonds. The molecular weight excluding hydrogens is 371 g/mol. The van der Waals surface area contributed by atoms with Crippen molar-refractivity contribution in [3.63, 3.8) is 0 Å². The van der Waals surface area contributed by atoms with Crippen LogP contribution in [0.2, 0.25) is 0 Å². The fraction of sp³-hybridized carbons (Fsp3) is 0.474. The zero-order valence-electron chi connectivity index (χ0n) is 15.2. The number of halogens is 3. The number of nitrogens with zero attached hydrogens (tertiary/aromatic N) is 3. The third-order valence-electron chi connectivity index (χ3n) is 5.00. The van der Waals surface area contributed by atoms with E-state index in [2.05, 4.69) is 20.6 Å². The van der Waals surface area contributed by atoms with Crippen LogP contribution < -0.4 is 15.7 Å². The van der Waals surface area contributed by atoms with Crippen molar-refractivity contribution in [3.8, 4) is 0 Å². The highest BCUT2D eigenvalue weighted by Gasteiger charge is 2.40. The fourth-order valence-corrected chi connectivity index (χ4v) is 3.62. The molecule has 1 aromatic heterocycles. The van der Waals surface area contributed by atoms with Crippen molar-refractivity contribution in [1.82, 2.24) is 15.3 Å². The molecule has 2 aliphatic rings. The van der Waals surface area contributed by atoms with Crippen LogP contribution in [-0.4, -0.2) is 35.7 Å². The highest BCUT2D eigenvalue weighted by Crippen LogP contribution is 2.41. The average Bonchev–Trinajstić information content (AvgIpc) is 3.18. The molecule has 9 heteroatoms. The van der Waals surface area contributed by atoms with E-state index in [0.717, 1.165) is 37.7 Å². The molecule has 28 heavy (non-hydrogen) atoms. The zero-order valence-corrected chi connectivity index (χ0v) is 15.2. The maximum Gasteiger partial charge on any atom is 0.421 e. The monoisotopic (exact) mass is 393 g/mol. The van der Waals surface area contributed by atoms with Gasteiger partial charge in [0.05, 0.1) is 12.6 Å². The molecule has 3 heterocycles. The molecule has 4 rings (SSSR count). The number of rotatable bonds is 4. The molecule has 150 valence electrons. The Kier molecular flexibility index (Phi) is 5.36. The van der Waals surface area contributed by atoms with Gasteiger partial charge >= 0.3 is 6.18 Å². The molecule has 2 saturated heterocycles. The third-order valence-corrected chi connectivity index (χ3v) is 5.00. The van der Waals surface area contributed by atoms with Crippen LogP contribution in [0.15, 0.2) is 36.5 Å². The van der Waals surface area contributed by atoms with E-state index in [9.17, 15) is 13.2 Å². The number of benzene rings is 1. The Balaban J connectivity index is 1.67. The summed E-state index contributed by atoms with van der Waals surface area (Å²) in [5.41, 5.74) is -0.0135. The summed E-state index contributed by atoms with van der Waals surface area (Å²) >= 11 is 0. The summed E-state index contributed by atoms with van der Waals surface area (Å²) in [5.74, 6) is -0.0702. The normalized spacial score (nSPS) is 23.0. The van der Waals surface area contributed by atoms with Crippen LogP contribution in [0.4, 0.5) is 24.9 Å². The summed E-state index contributed by atoms with van der Waals surface area (Å²) in [7, 11) is 0. The maximum absolute atomic E-state index is 13.6. The van der Waals surface area contributed by atoms with E-state index in [4.69, 9.17) is 4.84 Å². The minimum Gasteiger partial charge on any atom is -0.350 e. The topological polar surface area (TPSA) is 62.3 Å². The van der Waals surface area contributed by atoms with Crippen molar-refractivity contribution < 1.29 is 18.0 Å². The predicted octanol–water partition coefficient (Wildman–Crippen LogP) is 3.54. The van der Waals surface area contributed by atoms with Gasteiger partial charge in [-0.3, -0.25) is 4.84 Å². The second-order valence-electron chi connectivity index (χ2n) is 6.99. The van der Waals surface area contributed by atoms with Gasteiger partial charge in [0, 0.05) is 25.2 Å². The van der Waals surface area contributed by atoms with Crippen molar-refractivity contribution in [2.75, 3.05) is 30.1 Å². The molecule has 0 radical (unpaired) electrons. The molecule has 0 bridgehead atoms. The standard InChI is InChI=1S/C19H22F3N5O/c20-19(21,22)15-12-24-18(25-14-7-4-9-23-11-14)26-17(15)27-16(8-10-28-27)13-5-2-1-3-6-13/h1-3,5-6,12,14,16,23H,4,7-11H2,(H,24,25,26)/t14?,16-/m0/s1. The number of nitrogens with one attached hydrogen (secondary N) is 2. The SMILES string of the molecule is FC(F)(F)c1cnc(NC2CCCNC2)nc1N1OCC[C@H]1c1ccccc1. The van der Waals surface area contributed by atoms with Gasteiger partial charge in [0.15, 0.2) is 5.82 Å². The van der Waals surface area contributed by atoms with E-state index in [1.807, 2.05) is 30.3 Å². The average molecular weight is 393 g/mol. The first-order valence-corrected chi connectivity index (χ1v) is 9.41. The lowest BCUT2D eigenvalue weighted by Crippen LogP contribution is -2.39.